The van der Waals surface area contributed by atoms with Crippen LogP contribution in [0.2, 0.25) is 0 Å². The quantitative estimate of drug-likeness (QED) is 0.803. The van der Waals surface area contributed by atoms with Crippen LogP contribution in [-0.2, 0) is 17.9 Å². The van der Waals surface area contributed by atoms with Gasteiger partial charge >= 0.3 is 0 Å². The van der Waals surface area contributed by atoms with Crippen molar-refractivity contribution < 1.29 is 9.15 Å². The van der Waals surface area contributed by atoms with Gasteiger partial charge in [0.25, 0.3) is 0 Å². The lowest BCUT2D eigenvalue weighted by atomic mass is 9.76. The van der Waals surface area contributed by atoms with Gasteiger partial charge in [-0.1, -0.05) is 27.7 Å². The second-order valence-corrected chi connectivity index (χ2v) is 7.62. The van der Waals surface area contributed by atoms with E-state index in [1.807, 2.05) is 6.26 Å². The lowest BCUT2D eigenvalue weighted by Crippen LogP contribution is -2.26. The van der Waals surface area contributed by atoms with Crippen LogP contribution in [0.15, 0.2) is 16.7 Å². The molecule has 1 aliphatic rings. The Morgan fingerprint density at radius 1 is 1.33 bits per heavy atom. The molecule has 1 N–H and O–H groups in total. The molecule has 0 atom stereocenters. The highest BCUT2D eigenvalue weighted by atomic mass is 16.5. The van der Waals surface area contributed by atoms with Gasteiger partial charge in [0.2, 0.25) is 0 Å². The maximum atomic E-state index is 6.00. The van der Waals surface area contributed by atoms with Gasteiger partial charge in [0.15, 0.2) is 0 Å². The minimum Gasteiger partial charge on any atom is -0.467 e. The van der Waals surface area contributed by atoms with Crippen molar-refractivity contribution >= 4 is 0 Å². The summed E-state index contributed by atoms with van der Waals surface area (Å²) in [5.74, 6) is 1.62. The van der Waals surface area contributed by atoms with E-state index in [0.717, 1.165) is 18.8 Å². The minimum atomic E-state index is 0.408. The number of hydrogen-bond acceptors (Lipinski definition) is 3. The van der Waals surface area contributed by atoms with Gasteiger partial charge in [0.1, 0.15) is 12.4 Å². The smallest absolute Gasteiger partial charge is 0.129 e. The molecule has 3 heteroatoms. The highest BCUT2D eigenvalue weighted by molar-refractivity contribution is 5.12. The van der Waals surface area contributed by atoms with Crippen LogP contribution >= 0.6 is 0 Å². The van der Waals surface area contributed by atoms with Crippen LogP contribution in [-0.4, -0.2) is 12.6 Å². The Bertz CT molecular complexity index is 413. The third-order valence-electron chi connectivity index (χ3n) is 4.34. The molecule has 1 aliphatic carbocycles. The van der Waals surface area contributed by atoms with Crippen LogP contribution in [0.25, 0.3) is 0 Å². The van der Waals surface area contributed by atoms with Gasteiger partial charge in [0.05, 0.1) is 12.4 Å². The Morgan fingerprint density at radius 3 is 2.71 bits per heavy atom. The maximum Gasteiger partial charge on any atom is 0.129 e. The summed E-state index contributed by atoms with van der Waals surface area (Å²) < 4.78 is 11.6. The number of rotatable bonds is 7. The summed E-state index contributed by atoms with van der Waals surface area (Å²) >= 11 is 0. The maximum absolute atomic E-state index is 6.00. The van der Waals surface area contributed by atoms with Crippen LogP contribution in [0, 0.1) is 11.3 Å². The van der Waals surface area contributed by atoms with E-state index in [1.165, 1.54) is 31.2 Å². The molecule has 1 aromatic rings. The highest BCUT2D eigenvalue weighted by Gasteiger charge is 2.27. The Labute approximate surface area is 129 Å². The van der Waals surface area contributed by atoms with Gasteiger partial charge in [-0.05, 0) is 49.6 Å². The Balaban J connectivity index is 1.68. The first-order valence-corrected chi connectivity index (χ1v) is 8.33. The zero-order valence-corrected chi connectivity index (χ0v) is 14.1. The third kappa shape index (κ3) is 5.84. The molecule has 1 aromatic heterocycles. The van der Waals surface area contributed by atoms with Crippen molar-refractivity contribution in [3.8, 4) is 0 Å². The first-order chi connectivity index (χ1) is 9.94. The molecule has 1 fully saturated rings. The molecule has 2 rings (SSSR count). The molecule has 1 heterocycles. The highest BCUT2D eigenvalue weighted by Crippen LogP contribution is 2.36. The second-order valence-electron chi connectivity index (χ2n) is 7.62. The molecule has 3 nitrogen and oxygen atoms in total. The standard InChI is InChI=1S/C18H31NO2/c1-14(2)10-19-11-15-9-17(20-12-15)13-21-16-5-7-18(3,4)8-6-16/h9,12,14,16,19H,5-8,10-11,13H2,1-4H3. The number of ether oxygens (including phenoxy) is 1. The van der Waals surface area contributed by atoms with E-state index in [4.69, 9.17) is 9.15 Å². The van der Waals surface area contributed by atoms with Gasteiger partial charge in [0, 0.05) is 12.1 Å². The van der Waals surface area contributed by atoms with E-state index in [-0.39, 0.29) is 0 Å². The first-order valence-electron chi connectivity index (χ1n) is 8.33. The van der Waals surface area contributed by atoms with E-state index in [1.54, 1.807) is 0 Å². The molecule has 0 unspecified atom stereocenters. The van der Waals surface area contributed by atoms with E-state index >= 15 is 0 Å². The van der Waals surface area contributed by atoms with Crippen LogP contribution in [0.5, 0.6) is 0 Å². The van der Waals surface area contributed by atoms with Crippen molar-refractivity contribution in [1.82, 2.24) is 5.32 Å². The van der Waals surface area contributed by atoms with Gasteiger partial charge in [-0.2, -0.15) is 0 Å². The lowest BCUT2D eigenvalue weighted by molar-refractivity contribution is -0.0120. The second kappa shape index (κ2) is 7.46. The van der Waals surface area contributed by atoms with Gasteiger partial charge in [-0.25, -0.2) is 0 Å². The van der Waals surface area contributed by atoms with Crippen LogP contribution in [0.4, 0.5) is 0 Å². The van der Waals surface area contributed by atoms with Gasteiger partial charge < -0.3 is 14.5 Å². The zero-order chi connectivity index (χ0) is 15.3. The summed E-state index contributed by atoms with van der Waals surface area (Å²) in [5, 5.41) is 3.43. The van der Waals surface area contributed by atoms with E-state index in [0.29, 0.717) is 24.0 Å². The van der Waals surface area contributed by atoms with Crippen molar-refractivity contribution in [2.24, 2.45) is 11.3 Å². The topological polar surface area (TPSA) is 34.4 Å². The lowest BCUT2D eigenvalue weighted by Gasteiger charge is -2.33. The van der Waals surface area contributed by atoms with Crippen molar-refractivity contribution in [1.29, 1.82) is 0 Å². The predicted octanol–water partition coefficient (Wildman–Crippen LogP) is 4.51. The largest absolute Gasteiger partial charge is 0.467 e. The number of furan rings is 1. The molecule has 0 aliphatic heterocycles. The summed E-state index contributed by atoms with van der Waals surface area (Å²) in [6.07, 6.45) is 7.13. The summed E-state index contributed by atoms with van der Waals surface area (Å²) in [6.45, 7) is 11.7. The Hall–Kier alpha value is -0.800. The summed E-state index contributed by atoms with van der Waals surface area (Å²) in [5.41, 5.74) is 1.71. The molecular formula is C18H31NO2. The molecule has 0 amide bonds. The van der Waals surface area contributed by atoms with E-state index in [9.17, 15) is 0 Å². The SMILES string of the molecule is CC(C)CNCc1coc(COC2CCC(C)(C)CC2)c1. The van der Waals surface area contributed by atoms with Gasteiger partial charge in [-0.15, -0.1) is 0 Å². The normalized spacial score (nSPS) is 19.3. The molecule has 1 saturated carbocycles. The average molecular weight is 293 g/mol. The van der Waals surface area contributed by atoms with Crippen molar-refractivity contribution in [2.75, 3.05) is 6.54 Å². The summed E-state index contributed by atoms with van der Waals surface area (Å²) in [7, 11) is 0. The predicted molar refractivity (Wildman–Crippen MR) is 86.1 cm³/mol. The number of nitrogens with one attached hydrogen (secondary N) is 1. The van der Waals surface area contributed by atoms with Crippen LogP contribution in [0.1, 0.15) is 64.7 Å². The molecular weight excluding hydrogens is 262 g/mol. The number of hydrogen-bond donors (Lipinski definition) is 1. The summed E-state index contributed by atoms with van der Waals surface area (Å²) in [6, 6.07) is 2.11. The monoisotopic (exact) mass is 293 g/mol. The van der Waals surface area contributed by atoms with Crippen molar-refractivity contribution in [3.05, 3.63) is 23.7 Å². The molecule has 120 valence electrons. The molecule has 0 radical (unpaired) electrons. The minimum absolute atomic E-state index is 0.408. The Morgan fingerprint density at radius 2 is 2.05 bits per heavy atom. The van der Waals surface area contributed by atoms with Crippen molar-refractivity contribution in [2.45, 2.75) is 72.6 Å². The fourth-order valence-corrected chi connectivity index (χ4v) is 2.84. The fourth-order valence-electron chi connectivity index (χ4n) is 2.84. The zero-order valence-electron chi connectivity index (χ0n) is 14.1. The van der Waals surface area contributed by atoms with E-state index < -0.39 is 0 Å². The van der Waals surface area contributed by atoms with Crippen molar-refractivity contribution in [3.63, 3.8) is 0 Å². The molecule has 0 aromatic carbocycles. The van der Waals surface area contributed by atoms with E-state index in [2.05, 4.69) is 39.1 Å². The van der Waals surface area contributed by atoms with Gasteiger partial charge in [-0.3, -0.25) is 0 Å². The molecule has 21 heavy (non-hydrogen) atoms. The first kappa shape index (κ1) is 16.6. The van der Waals surface area contributed by atoms with Crippen LogP contribution in [0.3, 0.4) is 0 Å². The average Bonchev–Trinajstić information content (AvgIpc) is 2.85. The Kier molecular flexibility index (Phi) is 5.88. The molecule has 0 saturated heterocycles. The third-order valence-corrected chi connectivity index (χ3v) is 4.34. The molecule has 0 bridgehead atoms. The summed E-state index contributed by atoms with van der Waals surface area (Å²) in [4.78, 5) is 0. The molecule has 0 spiro atoms. The fraction of sp³-hybridized carbons (Fsp3) is 0.778. The van der Waals surface area contributed by atoms with Crippen LogP contribution < -0.4 is 5.32 Å².